The molecule has 0 radical (unpaired) electrons. The highest BCUT2D eigenvalue weighted by atomic mass is 16.5. The molecule has 0 aliphatic rings. The summed E-state index contributed by atoms with van der Waals surface area (Å²) in [6, 6.07) is 9.92. The van der Waals surface area contributed by atoms with E-state index in [4.69, 9.17) is 4.74 Å². The molecule has 0 atom stereocenters. The van der Waals surface area contributed by atoms with E-state index >= 15 is 0 Å². The Morgan fingerprint density at radius 3 is 2.69 bits per heavy atom. The van der Waals surface area contributed by atoms with Gasteiger partial charge in [0.15, 0.2) is 5.75 Å². The van der Waals surface area contributed by atoms with Crippen molar-refractivity contribution in [2.45, 2.75) is 0 Å². The van der Waals surface area contributed by atoms with Crippen molar-refractivity contribution in [1.82, 2.24) is 10.2 Å². The summed E-state index contributed by atoms with van der Waals surface area (Å²) in [6.07, 6.45) is 1.74. The molecule has 13 heavy (non-hydrogen) atoms. The van der Waals surface area contributed by atoms with Crippen molar-refractivity contribution in [3.05, 3.63) is 36.5 Å². The average Bonchev–Trinajstić information content (AvgIpc) is 2.67. The van der Waals surface area contributed by atoms with Crippen molar-refractivity contribution in [2.75, 3.05) is 7.11 Å². The molecule has 66 valence electrons. The van der Waals surface area contributed by atoms with Gasteiger partial charge in [0.1, 0.15) is 5.69 Å². The van der Waals surface area contributed by atoms with Crippen LogP contribution in [0.5, 0.6) is 5.75 Å². The summed E-state index contributed by atoms with van der Waals surface area (Å²) in [5.74, 6) is 0.770. The molecule has 0 saturated carbocycles. The van der Waals surface area contributed by atoms with Crippen molar-refractivity contribution in [1.29, 1.82) is 0 Å². The first kappa shape index (κ1) is 7.86. The van der Waals surface area contributed by atoms with Gasteiger partial charge in [-0.1, -0.05) is 30.3 Å². The highest BCUT2D eigenvalue weighted by Crippen LogP contribution is 2.26. The van der Waals surface area contributed by atoms with E-state index in [2.05, 4.69) is 10.2 Å². The maximum atomic E-state index is 5.15. The first-order valence-electron chi connectivity index (χ1n) is 4.05. The first-order valence-corrected chi connectivity index (χ1v) is 4.05. The molecule has 0 fully saturated rings. The SMILES string of the molecule is COc1c[nH]nc1-c1ccccc1. The number of H-pyrrole nitrogens is 1. The minimum absolute atomic E-state index is 0.770. The zero-order valence-electron chi connectivity index (χ0n) is 7.32. The second-order valence-electron chi connectivity index (χ2n) is 2.67. The van der Waals surface area contributed by atoms with Gasteiger partial charge in [0, 0.05) is 5.56 Å². The van der Waals surface area contributed by atoms with Crippen LogP contribution in [0.1, 0.15) is 0 Å². The van der Waals surface area contributed by atoms with Gasteiger partial charge >= 0.3 is 0 Å². The number of hydrogen-bond donors (Lipinski definition) is 1. The number of hydrogen-bond acceptors (Lipinski definition) is 2. The van der Waals surface area contributed by atoms with Crippen LogP contribution in [0.25, 0.3) is 11.3 Å². The van der Waals surface area contributed by atoms with E-state index in [9.17, 15) is 0 Å². The van der Waals surface area contributed by atoms with Gasteiger partial charge in [-0.25, -0.2) is 0 Å². The predicted molar refractivity (Wildman–Crippen MR) is 50.6 cm³/mol. The monoisotopic (exact) mass is 174 g/mol. The number of aromatic amines is 1. The van der Waals surface area contributed by atoms with Crippen molar-refractivity contribution < 1.29 is 4.74 Å². The Bertz CT molecular complexity index is 381. The Morgan fingerprint density at radius 1 is 1.23 bits per heavy atom. The summed E-state index contributed by atoms with van der Waals surface area (Å²) in [5, 5.41) is 6.88. The Labute approximate surface area is 76.4 Å². The standard InChI is InChI=1S/C10H10N2O/c1-13-9-7-11-12-10(9)8-5-3-2-4-6-8/h2-7H,1H3,(H,11,12). The minimum Gasteiger partial charge on any atom is -0.493 e. The van der Waals surface area contributed by atoms with Gasteiger partial charge in [-0.05, 0) is 0 Å². The first-order chi connectivity index (χ1) is 6.42. The molecular formula is C10H10N2O. The molecule has 1 N–H and O–H groups in total. The Kier molecular flexibility index (Phi) is 2.00. The van der Waals surface area contributed by atoms with E-state index in [1.54, 1.807) is 13.3 Å². The van der Waals surface area contributed by atoms with E-state index in [-0.39, 0.29) is 0 Å². The Hall–Kier alpha value is -1.77. The van der Waals surface area contributed by atoms with Gasteiger partial charge < -0.3 is 4.74 Å². The lowest BCUT2D eigenvalue weighted by Crippen LogP contribution is -1.84. The highest BCUT2D eigenvalue weighted by Gasteiger charge is 2.06. The van der Waals surface area contributed by atoms with Crippen LogP contribution in [0.4, 0.5) is 0 Å². The lowest BCUT2D eigenvalue weighted by atomic mass is 10.1. The second kappa shape index (κ2) is 3.31. The Morgan fingerprint density at radius 2 is 2.00 bits per heavy atom. The fourth-order valence-corrected chi connectivity index (χ4v) is 1.24. The van der Waals surface area contributed by atoms with Gasteiger partial charge in [-0.15, -0.1) is 0 Å². The van der Waals surface area contributed by atoms with E-state index in [0.717, 1.165) is 17.0 Å². The number of nitrogens with one attached hydrogen (secondary N) is 1. The molecule has 3 nitrogen and oxygen atoms in total. The number of nitrogens with zero attached hydrogens (tertiary/aromatic N) is 1. The predicted octanol–water partition coefficient (Wildman–Crippen LogP) is 2.09. The quantitative estimate of drug-likeness (QED) is 0.756. The fourth-order valence-electron chi connectivity index (χ4n) is 1.24. The largest absolute Gasteiger partial charge is 0.493 e. The molecule has 0 spiro atoms. The fraction of sp³-hybridized carbons (Fsp3) is 0.100. The van der Waals surface area contributed by atoms with Gasteiger partial charge in [0.2, 0.25) is 0 Å². The number of ether oxygens (including phenoxy) is 1. The lowest BCUT2D eigenvalue weighted by Gasteiger charge is -1.99. The van der Waals surface area contributed by atoms with Crippen LogP contribution in [0.3, 0.4) is 0 Å². The summed E-state index contributed by atoms with van der Waals surface area (Å²) >= 11 is 0. The van der Waals surface area contributed by atoms with Crippen molar-refractivity contribution in [3.8, 4) is 17.0 Å². The maximum absolute atomic E-state index is 5.15. The van der Waals surface area contributed by atoms with E-state index in [1.165, 1.54) is 0 Å². The van der Waals surface area contributed by atoms with Crippen molar-refractivity contribution >= 4 is 0 Å². The minimum atomic E-state index is 0.770. The van der Waals surface area contributed by atoms with Crippen LogP contribution in [0, 0.1) is 0 Å². The number of methoxy groups -OCH3 is 1. The molecule has 0 bridgehead atoms. The molecule has 0 aliphatic carbocycles. The van der Waals surface area contributed by atoms with Gasteiger partial charge in [0.05, 0.1) is 13.3 Å². The summed E-state index contributed by atoms with van der Waals surface area (Å²) in [5.41, 5.74) is 1.91. The normalized spacial score (nSPS) is 9.92. The molecule has 1 heterocycles. The van der Waals surface area contributed by atoms with Crippen LogP contribution in [0.2, 0.25) is 0 Å². The molecule has 1 aromatic heterocycles. The smallest absolute Gasteiger partial charge is 0.164 e. The van der Waals surface area contributed by atoms with Crippen LogP contribution >= 0.6 is 0 Å². The second-order valence-corrected chi connectivity index (χ2v) is 2.67. The molecule has 0 unspecified atom stereocenters. The lowest BCUT2D eigenvalue weighted by molar-refractivity contribution is 0.416. The highest BCUT2D eigenvalue weighted by molar-refractivity contribution is 5.65. The zero-order valence-corrected chi connectivity index (χ0v) is 7.32. The van der Waals surface area contributed by atoms with E-state index in [1.807, 2.05) is 30.3 Å². The molecule has 2 aromatic rings. The summed E-state index contributed by atoms with van der Waals surface area (Å²) in [6.45, 7) is 0. The average molecular weight is 174 g/mol. The van der Waals surface area contributed by atoms with Gasteiger partial charge in [-0.2, -0.15) is 5.10 Å². The van der Waals surface area contributed by atoms with Gasteiger partial charge in [-0.3, -0.25) is 5.10 Å². The van der Waals surface area contributed by atoms with Crippen LogP contribution < -0.4 is 4.74 Å². The van der Waals surface area contributed by atoms with Crippen LogP contribution in [-0.2, 0) is 0 Å². The van der Waals surface area contributed by atoms with E-state index < -0.39 is 0 Å². The molecule has 3 heteroatoms. The maximum Gasteiger partial charge on any atom is 0.164 e. The topological polar surface area (TPSA) is 37.9 Å². The molecule has 0 amide bonds. The third kappa shape index (κ3) is 1.40. The molecule has 1 aromatic carbocycles. The third-order valence-electron chi connectivity index (χ3n) is 1.87. The number of benzene rings is 1. The molecule has 2 rings (SSSR count). The van der Waals surface area contributed by atoms with Crippen molar-refractivity contribution in [3.63, 3.8) is 0 Å². The number of rotatable bonds is 2. The molecule has 0 aliphatic heterocycles. The molecule has 0 saturated heterocycles. The van der Waals surface area contributed by atoms with E-state index in [0.29, 0.717) is 0 Å². The molecular weight excluding hydrogens is 164 g/mol. The Balaban J connectivity index is 2.47. The zero-order chi connectivity index (χ0) is 9.10. The van der Waals surface area contributed by atoms with Gasteiger partial charge in [0.25, 0.3) is 0 Å². The van der Waals surface area contributed by atoms with Crippen LogP contribution in [0.15, 0.2) is 36.5 Å². The third-order valence-corrected chi connectivity index (χ3v) is 1.87. The van der Waals surface area contributed by atoms with Crippen LogP contribution in [-0.4, -0.2) is 17.3 Å². The summed E-state index contributed by atoms with van der Waals surface area (Å²) in [4.78, 5) is 0. The number of aromatic nitrogens is 2. The summed E-state index contributed by atoms with van der Waals surface area (Å²) in [7, 11) is 1.64. The van der Waals surface area contributed by atoms with Crippen molar-refractivity contribution in [2.24, 2.45) is 0 Å². The summed E-state index contributed by atoms with van der Waals surface area (Å²) < 4.78 is 5.15.